The number of ether oxygens (including phenoxy) is 1. The summed E-state index contributed by atoms with van der Waals surface area (Å²) in [6.07, 6.45) is -4.17. The average Bonchev–Trinajstić information content (AvgIpc) is 2.87. The number of anilines is 1. The van der Waals surface area contributed by atoms with Gasteiger partial charge < -0.3 is 19.8 Å². The van der Waals surface area contributed by atoms with E-state index in [1.54, 1.807) is 31.2 Å². The van der Waals surface area contributed by atoms with Crippen LogP contribution in [0.25, 0.3) is 0 Å². The van der Waals surface area contributed by atoms with Gasteiger partial charge in [-0.2, -0.15) is 13.2 Å². The molecule has 3 aromatic rings. The standard InChI is InChI=1S/C27H29ClF4N3O3P/c1-17(36)15-38-21-7-8-23(22(28)12-21)35-11-10-34(14-24(35)18-2-5-20(29)6-3-18)16-26(37,39)19-4-9-25(33-13-19)27(30,31)32/h2-9,12-13,17,24,36-37H,10-11,14-16,39H2,1H3/t17-,24-,26-/m0/s1. The van der Waals surface area contributed by atoms with E-state index in [-0.39, 0.29) is 30.6 Å². The Morgan fingerprint density at radius 2 is 1.85 bits per heavy atom. The first-order valence-electron chi connectivity index (χ1n) is 12.2. The zero-order chi connectivity index (χ0) is 28.4. The number of pyridine rings is 1. The Morgan fingerprint density at radius 1 is 1.13 bits per heavy atom. The normalized spacial score (nSPS) is 19.0. The van der Waals surface area contributed by atoms with Crippen LogP contribution in [0.4, 0.5) is 23.2 Å². The Balaban J connectivity index is 1.56. The molecule has 2 aromatic carbocycles. The topological polar surface area (TPSA) is 69.1 Å². The molecule has 39 heavy (non-hydrogen) atoms. The molecule has 0 radical (unpaired) electrons. The van der Waals surface area contributed by atoms with Gasteiger partial charge in [0, 0.05) is 44.0 Å². The molecule has 1 saturated heterocycles. The number of β-amino-alcohol motifs (C(OH)–C–C–N with tert-alkyl or cyclic N) is 1. The maximum absolute atomic E-state index is 13.7. The van der Waals surface area contributed by atoms with Crippen LogP contribution in [0, 0.1) is 5.82 Å². The first kappa shape index (κ1) is 29.5. The predicted octanol–water partition coefficient (Wildman–Crippen LogP) is 5.24. The Hall–Kier alpha value is -2.49. The van der Waals surface area contributed by atoms with Crippen LogP contribution < -0.4 is 9.64 Å². The molecule has 1 aromatic heterocycles. The molecule has 0 saturated carbocycles. The third-order valence-corrected chi connectivity index (χ3v) is 7.28. The van der Waals surface area contributed by atoms with Crippen molar-refractivity contribution in [2.75, 3.05) is 37.7 Å². The second-order valence-electron chi connectivity index (χ2n) is 9.62. The molecular weight excluding hydrogens is 557 g/mol. The molecule has 210 valence electrons. The fraction of sp³-hybridized carbons (Fsp3) is 0.370. The summed E-state index contributed by atoms with van der Waals surface area (Å²) in [4.78, 5) is 7.55. The Bertz CT molecular complexity index is 1260. The number of hydrogen-bond donors (Lipinski definition) is 2. The van der Waals surface area contributed by atoms with Gasteiger partial charge in [0.05, 0.1) is 22.9 Å². The van der Waals surface area contributed by atoms with E-state index in [4.69, 9.17) is 16.3 Å². The predicted molar refractivity (Wildman–Crippen MR) is 144 cm³/mol. The lowest BCUT2D eigenvalue weighted by molar-refractivity contribution is -0.141. The van der Waals surface area contributed by atoms with Gasteiger partial charge in [-0.25, -0.2) is 4.39 Å². The molecule has 1 fully saturated rings. The van der Waals surface area contributed by atoms with Crippen molar-refractivity contribution in [1.82, 2.24) is 9.88 Å². The molecule has 0 bridgehead atoms. The number of hydrogen-bond acceptors (Lipinski definition) is 6. The second-order valence-corrected chi connectivity index (χ2v) is 11.0. The number of aliphatic hydroxyl groups excluding tert-OH is 1. The fourth-order valence-electron chi connectivity index (χ4n) is 4.52. The van der Waals surface area contributed by atoms with Gasteiger partial charge in [0.2, 0.25) is 0 Å². The van der Waals surface area contributed by atoms with Crippen molar-refractivity contribution in [2.24, 2.45) is 0 Å². The van der Waals surface area contributed by atoms with E-state index >= 15 is 0 Å². The largest absolute Gasteiger partial charge is 0.491 e. The molecule has 4 atom stereocenters. The lowest BCUT2D eigenvalue weighted by Gasteiger charge is -2.45. The highest BCUT2D eigenvalue weighted by atomic mass is 35.5. The smallest absolute Gasteiger partial charge is 0.433 e. The van der Waals surface area contributed by atoms with Gasteiger partial charge >= 0.3 is 6.18 Å². The van der Waals surface area contributed by atoms with Crippen molar-refractivity contribution < 1.29 is 32.5 Å². The van der Waals surface area contributed by atoms with Crippen molar-refractivity contribution in [1.29, 1.82) is 0 Å². The summed E-state index contributed by atoms with van der Waals surface area (Å²) in [5, 5.41) is 19.5. The molecule has 0 aliphatic carbocycles. The maximum atomic E-state index is 13.7. The first-order valence-corrected chi connectivity index (χ1v) is 13.2. The van der Waals surface area contributed by atoms with Gasteiger partial charge in [-0.3, -0.25) is 9.88 Å². The van der Waals surface area contributed by atoms with Crippen LogP contribution >= 0.6 is 20.8 Å². The fourth-order valence-corrected chi connectivity index (χ4v) is 5.23. The molecule has 2 heterocycles. The van der Waals surface area contributed by atoms with Gasteiger partial charge in [-0.05, 0) is 42.8 Å². The van der Waals surface area contributed by atoms with E-state index in [2.05, 4.69) is 19.1 Å². The van der Waals surface area contributed by atoms with Gasteiger partial charge in [-0.1, -0.05) is 39.0 Å². The Labute approximate surface area is 231 Å². The number of benzene rings is 2. The number of aromatic nitrogens is 1. The van der Waals surface area contributed by atoms with Crippen LogP contribution in [0.3, 0.4) is 0 Å². The summed E-state index contributed by atoms with van der Waals surface area (Å²) >= 11 is 6.64. The first-order chi connectivity index (χ1) is 18.3. The van der Waals surface area contributed by atoms with E-state index in [1.807, 2.05) is 11.0 Å². The van der Waals surface area contributed by atoms with Gasteiger partial charge in [0.1, 0.15) is 29.2 Å². The van der Waals surface area contributed by atoms with E-state index in [0.717, 1.165) is 23.5 Å². The van der Waals surface area contributed by atoms with Crippen molar-refractivity contribution in [3.63, 3.8) is 0 Å². The van der Waals surface area contributed by atoms with E-state index < -0.39 is 23.3 Å². The molecule has 2 N–H and O–H groups in total. The summed E-state index contributed by atoms with van der Waals surface area (Å²) in [6, 6.07) is 13.2. The minimum Gasteiger partial charge on any atom is -0.491 e. The van der Waals surface area contributed by atoms with Crippen LogP contribution in [0.1, 0.15) is 29.8 Å². The SMILES string of the molecule is C[C@H](O)COc1ccc(N2CCN(C[C@](O)(P)c3ccc(C(F)(F)F)nc3)C[C@H]2c2ccc(F)cc2)c(Cl)c1. The van der Waals surface area contributed by atoms with Gasteiger partial charge in [0.15, 0.2) is 0 Å². The number of aliphatic hydroxyl groups is 2. The summed E-state index contributed by atoms with van der Waals surface area (Å²) in [6.45, 7) is 3.29. The number of piperazine rings is 1. The molecule has 0 spiro atoms. The van der Waals surface area contributed by atoms with Crippen molar-refractivity contribution in [3.8, 4) is 5.75 Å². The molecule has 1 unspecified atom stereocenters. The van der Waals surface area contributed by atoms with Crippen molar-refractivity contribution in [2.45, 2.75) is 30.6 Å². The summed E-state index contributed by atoms with van der Waals surface area (Å²) < 4.78 is 58.0. The number of alkyl halides is 3. The molecule has 1 aliphatic heterocycles. The van der Waals surface area contributed by atoms with Crippen molar-refractivity contribution in [3.05, 3.63) is 88.5 Å². The molecule has 6 nitrogen and oxygen atoms in total. The molecule has 12 heteroatoms. The van der Waals surface area contributed by atoms with Crippen molar-refractivity contribution >= 4 is 26.5 Å². The molecule has 0 amide bonds. The highest BCUT2D eigenvalue weighted by Crippen LogP contribution is 2.39. The monoisotopic (exact) mass is 585 g/mol. The zero-order valence-electron chi connectivity index (χ0n) is 21.1. The Kier molecular flexibility index (Phi) is 9.03. The molecular formula is C27H29ClF4N3O3P. The van der Waals surface area contributed by atoms with Crippen LogP contribution in [-0.4, -0.2) is 59.0 Å². The number of rotatable bonds is 8. The third kappa shape index (κ3) is 7.38. The number of nitrogens with zero attached hydrogens (tertiary/aromatic N) is 3. The van der Waals surface area contributed by atoms with Crippen LogP contribution in [0.2, 0.25) is 5.02 Å². The lowest BCUT2D eigenvalue weighted by Crippen LogP contribution is -2.51. The Morgan fingerprint density at radius 3 is 2.44 bits per heavy atom. The minimum absolute atomic E-state index is 0.107. The molecule has 4 rings (SSSR count). The summed E-state index contributed by atoms with van der Waals surface area (Å²) in [5.41, 5.74) is 0.770. The van der Waals surface area contributed by atoms with Crippen LogP contribution in [-0.2, 0) is 11.5 Å². The highest BCUT2D eigenvalue weighted by molar-refractivity contribution is 7.18. The zero-order valence-corrected chi connectivity index (χ0v) is 23.0. The highest BCUT2D eigenvalue weighted by Gasteiger charge is 2.36. The summed E-state index contributed by atoms with van der Waals surface area (Å²) in [7, 11) is 2.31. The third-order valence-electron chi connectivity index (χ3n) is 6.46. The summed E-state index contributed by atoms with van der Waals surface area (Å²) in [5.74, 6) is 0.143. The molecule has 1 aliphatic rings. The van der Waals surface area contributed by atoms with E-state index in [9.17, 15) is 27.8 Å². The lowest BCUT2D eigenvalue weighted by atomic mass is 10.00. The quantitative estimate of drug-likeness (QED) is 0.279. The van der Waals surface area contributed by atoms with Crippen LogP contribution in [0.15, 0.2) is 60.8 Å². The van der Waals surface area contributed by atoms with Crippen LogP contribution in [0.5, 0.6) is 5.75 Å². The minimum atomic E-state index is -4.57. The maximum Gasteiger partial charge on any atom is 0.433 e. The van der Waals surface area contributed by atoms with Gasteiger partial charge in [-0.15, -0.1) is 0 Å². The van der Waals surface area contributed by atoms with E-state index in [0.29, 0.717) is 30.4 Å². The second kappa shape index (κ2) is 11.9. The van der Waals surface area contributed by atoms with E-state index in [1.165, 1.54) is 18.2 Å². The number of halogens is 5. The van der Waals surface area contributed by atoms with Gasteiger partial charge in [0.25, 0.3) is 0 Å². The average molecular weight is 586 g/mol.